The average Bonchev–Trinajstić information content (AvgIpc) is 2.93. The number of thiophene rings is 1. The van der Waals surface area contributed by atoms with Gasteiger partial charge in [0, 0.05) is 19.2 Å². The van der Waals surface area contributed by atoms with Crippen molar-refractivity contribution in [2.45, 2.75) is 17.1 Å². The lowest BCUT2D eigenvalue weighted by Gasteiger charge is -2.19. The number of rotatable bonds is 5. The first kappa shape index (κ1) is 16.8. The predicted octanol–water partition coefficient (Wildman–Crippen LogP) is 3.47. The van der Waals surface area contributed by atoms with E-state index in [1.807, 2.05) is 0 Å². The maximum absolute atomic E-state index is 12.4. The van der Waals surface area contributed by atoms with Crippen molar-refractivity contribution in [3.8, 4) is 5.75 Å². The molecule has 120 valence electrons. The Hall–Kier alpha value is -1.58. The van der Waals surface area contributed by atoms with Crippen LogP contribution in [-0.2, 0) is 16.6 Å². The van der Waals surface area contributed by atoms with Crippen LogP contribution in [0.3, 0.4) is 0 Å². The zero-order valence-corrected chi connectivity index (χ0v) is 13.0. The lowest BCUT2D eigenvalue weighted by molar-refractivity contribution is -0.274. The van der Waals surface area contributed by atoms with E-state index in [-0.39, 0.29) is 16.3 Å². The fraction of sp³-hybridized carbons (Fsp3) is 0.231. The molecule has 0 spiro atoms. The smallest absolute Gasteiger partial charge is 0.405 e. The summed E-state index contributed by atoms with van der Waals surface area (Å²) >= 11 is 1.04. The topological polar surface area (TPSA) is 46.6 Å². The maximum atomic E-state index is 12.4. The van der Waals surface area contributed by atoms with Crippen LogP contribution in [0.15, 0.2) is 46.0 Å². The highest BCUT2D eigenvalue weighted by atomic mass is 32.2. The summed E-state index contributed by atoms with van der Waals surface area (Å²) in [5.74, 6) is -0.414. The molecule has 0 unspecified atom stereocenters. The minimum Gasteiger partial charge on any atom is -0.405 e. The highest BCUT2D eigenvalue weighted by Crippen LogP contribution is 2.28. The van der Waals surface area contributed by atoms with Gasteiger partial charge in [0.2, 0.25) is 0 Å². The third-order valence-electron chi connectivity index (χ3n) is 2.75. The molecule has 4 nitrogen and oxygen atoms in total. The van der Waals surface area contributed by atoms with Crippen LogP contribution in [-0.4, -0.2) is 26.1 Å². The van der Waals surface area contributed by atoms with Gasteiger partial charge in [-0.05, 0) is 17.5 Å². The van der Waals surface area contributed by atoms with Crippen LogP contribution in [0.25, 0.3) is 0 Å². The first-order chi connectivity index (χ1) is 10.2. The van der Waals surface area contributed by atoms with E-state index in [9.17, 15) is 21.6 Å². The van der Waals surface area contributed by atoms with Gasteiger partial charge in [0.05, 0.1) is 0 Å². The molecule has 1 aromatic carbocycles. The van der Waals surface area contributed by atoms with Gasteiger partial charge in [0.15, 0.2) is 0 Å². The number of halogens is 3. The van der Waals surface area contributed by atoms with E-state index >= 15 is 0 Å². The van der Waals surface area contributed by atoms with E-state index in [4.69, 9.17) is 0 Å². The number of benzene rings is 1. The van der Waals surface area contributed by atoms with Gasteiger partial charge in [0.1, 0.15) is 9.96 Å². The van der Waals surface area contributed by atoms with Gasteiger partial charge in [0.25, 0.3) is 10.0 Å². The molecule has 0 aliphatic heterocycles. The van der Waals surface area contributed by atoms with Crippen LogP contribution in [0, 0.1) is 0 Å². The number of para-hydroxylation sites is 1. The highest BCUT2D eigenvalue weighted by molar-refractivity contribution is 7.91. The number of hydrogen-bond donors (Lipinski definition) is 0. The standard InChI is InChI=1S/C13H12F3NO3S2/c1-17(22(18,19)12-7-4-8-21-12)9-10-5-2-3-6-11(10)20-13(14,15)16/h2-8H,9H2,1H3. The Morgan fingerprint density at radius 2 is 1.86 bits per heavy atom. The predicted molar refractivity (Wildman–Crippen MR) is 76.1 cm³/mol. The number of hydrogen-bond acceptors (Lipinski definition) is 4. The molecule has 0 aliphatic carbocycles. The number of nitrogens with zero attached hydrogens (tertiary/aromatic N) is 1. The van der Waals surface area contributed by atoms with E-state index in [0.29, 0.717) is 0 Å². The largest absolute Gasteiger partial charge is 0.573 e. The minimum absolute atomic E-state index is 0.127. The van der Waals surface area contributed by atoms with Crippen LogP contribution in [0.4, 0.5) is 13.2 Å². The van der Waals surface area contributed by atoms with Crippen molar-refractivity contribution in [2.24, 2.45) is 0 Å². The van der Waals surface area contributed by atoms with E-state index in [1.165, 1.54) is 31.3 Å². The molecule has 9 heteroatoms. The summed E-state index contributed by atoms with van der Waals surface area (Å²) in [5, 5.41) is 1.61. The van der Waals surface area contributed by atoms with Gasteiger partial charge in [-0.3, -0.25) is 0 Å². The lowest BCUT2D eigenvalue weighted by Crippen LogP contribution is -2.26. The van der Waals surface area contributed by atoms with Crippen molar-refractivity contribution in [1.29, 1.82) is 0 Å². The molecular formula is C13H12F3NO3S2. The Kier molecular flexibility index (Phi) is 4.78. The Morgan fingerprint density at radius 1 is 1.18 bits per heavy atom. The van der Waals surface area contributed by atoms with Gasteiger partial charge >= 0.3 is 6.36 Å². The Labute approximate surface area is 129 Å². The van der Waals surface area contributed by atoms with E-state index in [1.54, 1.807) is 11.4 Å². The van der Waals surface area contributed by atoms with Crippen LogP contribution in [0.5, 0.6) is 5.75 Å². The number of ether oxygens (including phenoxy) is 1. The van der Waals surface area contributed by atoms with Crippen molar-refractivity contribution in [3.63, 3.8) is 0 Å². The third kappa shape index (κ3) is 3.99. The van der Waals surface area contributed by atoms with Crippen molar-refractivity contribution in [2.75, 3.05) is 7.05 Å². The molecule has 0 amide bonds. The Balaban J connectivity index is 2.24. The fourth-order valence-electron chi connectivity index (χ4n) is 1.75. The van der Waals surface area contributed by atoms with Crippen molar-refractivity contribution in [3.05, 3.63) is 47.3 Å². The van der Waals surface area contributed by atoms with Crippen LogP contribution < -0.4 is 4.74 Å². The lowest BCUT2D eigenvalue weighted by atomic mass is 10.2. The summed E-state index contributed by atoms with van der Waals surface area (Å²) in [7, 11) is -2.43. The average molecular weight is 351 g/mol. The molecule has 2 aromatic rings. The SMILES string of the molecule is CN(Cc1ccccc1OC(F)(F)F)S(=O)(=O)c1cccs1. The van der Waals surface area contributed by atoms with Crippen molar-refractivity contribution in [1.82, 2.24) is 4.31 Å². The Bertz CT molecular complexity index is 727. The highest BCUT2D eigenvalue weighted by Gasteiger charge is 2.32. The van der Waals surface area contributed by atoms with E-state index in [2.05, 4.69) is 4.74 Å². The molecule has 0 aliphatic rings. The quantitative estimate of drug-likeness (QED) is 0.829. The summed E-state index contributed by atoms with van der Waals surface area (Å²) in [6.45, 7) is -0.230. The third-order valence-corrected chi connectivity index (χ3v) is 5.93. The van der Waals surface area contributed by atoms with E-state index in [0.717, 1.165) is 21.7 Å². The minimum atomic E-state index is -4.83. The molecule has 0 atom stereocenters. The summed E-state index contributed by atoms with van der Waals surface area (Å²) in [5.41, 5.74) is 0.127. The van der Waals surface area contributed by atoms with Gasteiger partial charge in [-0.1, -0.05) is 24.3 Å². The van der Waals surface area contributed by atoms with Crippen LogP contribution >= 0.6 is 11.3 Å². The molecule has 22 heavy (non-hydrogen) atoms. The number of sulfonamides is 1. The molecule has 0 N–H and O–H groups in total. The summed E-state index contributed by atoms with van der Waals surface area (Å²) in [6, 6.07) is 8.47. The molecule has 0 saturated carbocycles. The van der Waals surface area contributed by atoms with Crippen molar-refractivity contribution < 1.29 is 26.3 Å². The Morgan fingerprint density at radius 3 is 2.45 bits per heavy atom. The van der Waals surface area contributed by atoms with Gasteiger partial charge in [-0.25, -0.2) is 8.42 Å². The normalized spacial score (nSPS) is 12.6. The van der Waals surface area contributed by atoms with Crippen LogP contribution in [0.1, 0.15) is 5.56 Å². The second-order valence-corrected chi connectivity index (χ2v) is 7.57. The van der Waals surface area contributed by atoms with Crippen molar-refractivity contribution >= 4 is 21.4 Å². The molecule has 0 fully saturated rings. The summed E-state index contributed by atoms with van der Waals surface area (Å²) < 4.78 is 66.7. The van der Waals surface area contributed by atoms with Gasteiger partial charge in [-0.2, -0.15) is 4.31 Å². The van der Waals surface area contributed by atoms with Gasteiger partial charge < -0.3 is 4.74 Å². The summed E-state index contributed by atoms with van der Waals surface area (Å²) in [4.78, 5) is 0. The second-order valence-electron chi connectivity index (χ2n) is 4.35. The molecule has 0 saturated heterocycles. The maximum Gasteiger partial charge on any atom is 0.573 e. The first-order valence-corrected chi connectivity index (χ1v) is 8.35. The number of alkyl halides is 3. The molecule has 1 aromatic heterocycles. The summed E-state index contributed by atoms with van der Waals surface area (Å²) in [6.07, 6.45) is -4.83. The molecular weight excluding hydrogens is 339 g/mol. The zero-order chi connectivity index (χ0) is 16.4. The molecule has 2 rings (SSSR count). The van der Waals surface area contributed by atoms with Gasteiger partial charge in [-0.15, -0.1) is 24.5 Å². The molecule has 1 heterocycles. The van der Waals surface area contributed by atoms with E-state index < -0.39 is 22.1 Å². The monoisotopic (exact) mass is 351 g/mol. The first-order valence-electron chi connectivity index (χ1n) is 6.03. The fourth-order valence-corrected chi connectivity index (χ4v) is 4.10. The molecule has 0 bridgehead atoms. The van der Waals surface area contributed by atoms with Crippen LogP contribution in [0.2, 0.25) is 0 Å². The zero-order valence-electron chi connectivity index (χ0n) is 11.4. The second kappa shape index (κ2) is 6.27. The molecule has 0 radical (unpaired) electrons.